The molecular formula is C13H12FN3O2. The number of benzene rings is 1. The van der Waals surface area contributed by atoms with E-state index in [1.807, 2.05) is 6.92 Å². The minimum atomic E-state index is -0.493. The van der Waals surface area contributed by atoms with Gasteiger partial charge in [-0.15, -0.1) is 0 Å². The van der Waals surface area contributed by atoms with E-state index in [0.717, 1.165) is 5.56 Å². The first-order chi connectivity index (χ1) is 9.08. The molecule has 1 atom stereocenters. The molecule has 0 fully saturated rings. The fraction of sp³-hybridized carbons (Fsp3) is 0.154. The monoisotopic (exact) mass is 261 g/mol. The molecule has 98 valence electrons. The first-order valence-electron chi connectivity index (χ1n) is 5.69. The summed E-state index contributed by atoms with van der Waals surface area (Å²) in [6, 6.07) is 8.62. The average Bonchev–Trinajstić information content (AvgIpc) is 2.39. The van der Waals surface area contributed by atoms with Crippen LogP contribution in [-0.2, 0) is 0 Å². The molecule has 1 N–H and O–H groups in total. The van der Waals surface area contributed by atoms with Crippen molar-refractivity contribution in [1.82, 2.24) is 4.98 Å². The van der Waals surface area contributed by atoms with Gasteiger partial charge in [-0.1, -0.05) is 12.1 Å². The van der Waals surface area contributed by atoms with E-state index < -0.39 is 4.92 Å². The zero-order valence-corrected chi connectivity index (χ0v) is 10.2. The van der Waals surface area contributed by atoms with E-state index in [-0.39, 0.29) is 23.4 Å². The third-order valence-corrected chi connectivity index (χ3v) is 2.71. The van der Waals surface area contributed by atoms with Crippen molar-refractivity contribution < 1.29 is 9.31 Å². The molecule has 0 aliphatic heterocycles. The van der Waals surface area contributed by atoms with Gasteiger partial charge < -0.3 is 5.32 Å². The minimum Gasteiger partial charge on any atom is -0.358 e. The maximum Gasteiger partial charge on any atom is 0.311 e. The third kappa shape index (κ3) is 3.04. The maximum absolute atomic E-state index is 12.8. The van der Waals surface area contributed by atoms with Gasteiger partial charge in [0.25, 0.3) is 0 Å². The Morgan fingerprint density at radius 1 is 1.32 bits per heavy atom. The second-order valence-corrected chi connectivity index (χ2v) is 4.05. The molecule has 0 aliphatic rings. The molecule has 19 heavy (non-hydrogen) atoms. The second kappa shape index (κ2) is 5.43. The van der Waals surface area contributed by atoms with Crippen molar-refractivity contribution in [2.75, 3.05) is 5.32 Å². The number of aromatic nitrogens is 1. The highest BCUT2D eigenvalue weighted by atomic mass is 19.1. The number of nitrogens with one attached hydrogen (secondary N) is 1. The summed E-state index contributed by atoms with van der Waals surface area (Å²) in [7, 11) is 0. The van der Waals surface area contributed by atoms with Crippen LogP contribution >= 0.6 is 0 Å². The summed E-state index contributed by atoms with van der Waals surface area (Å²) in [6.45, 7) is 1.83. The van der Waals surface area contributed by atoms with Crippen LogP contribution in [0.1, 0.15) is 18.5 Å². The lowest BCUT2D eigenvalue weighted by Gasteiger charge is -2.14. The zero-order valence-electron chi connectivity index (χ0n) is 10.2. The number of rotatable bonds is 4. The Balaban J connectivity index is 2.21. The molecule has 0 amide bonds. The molecule has 0 aliphatic carbocycles. The second-order valence-electron chi connectivity index (χ2n) is 4.05. The Kier molecular flexibility index (Phi) is 3.70. The number of halogens is 1. The quantitative estimate of drug-likeness (QED) is 0.677. The van der Waals surface area contributed by atoms with Gasteiger partial charge in [0.05, 0.1) is 11.0 Å². The normalized spacial score (nSPS) is 11.9. The van der Waals surface area contributed by atoms with Crippen molar-refractivity contribution in [3.63, 3.8) is 0 Å². The van der Waals surface area contributed by atoms with Gasteiger partial charge in [0.15, 0.2) is 0 Å². The van der Waals surface area contributed by atoms with E-state index in [2.05, 4.69) is 10.3 Å². The molecule has 5 nitrogen and oxygen atoms in total. The highest BCUT2D eigenvalue weighted by Crippen LogP contribution is 2.25. The van der Waals surface area contributed by atoms with E-state index >= 15 is 0 Å². The van der Waals surface area contributed by atoms with Gasteiger partial charge in [0.2, 0.25) is 5.82 Å². The Morgan fingerprint density at radius 2 is 2.00 bits per heavy atom. The first kappa shape index (κ1) is 12.9. The van der Waals surface area contributed by atoms with Crippen LogP contribution < -0.4 is 5.32 Å². The molecule has 1 aromatic heterocycles. The summed E-state index contributed by atoms with van der Waals surface area (Å²) in [6.07, 6.45) is 1.48. The van der Waals surface area contributed by atoms with Crippen molar-refractivity contribution in [1.29, 1.82) is 0 Å². The zero-order chi connectivity index (χ0) is 13.8. The van der Waals surface area contributed by atoms with Crippen LogP contribution in [0.3, 0.4) is 0 Å². The molecule has 2 aromatic rings. The van der Waals surface area contributed by atoms with Crippen molar-refractivity contribution >= 4 is 11.5 Å². The smallest absolute Gasteiger partial charge is 0.311 e. The van der Waals surface area contributed by atoms with Crippen LogP contribution in [0.15, 0.2) is 42.6 Å². The summed E-state index contributed by atoms with van der Waals surface area (Å²) in [4.78, 5) is 14.3. The SMILES string of the molecule is C[C@H](Nc1ncccc1[N+](=O)[O-])c1ccc(F)cc1. The Hall–Kier alpha value is -2.50. The molecule has 0 bridgehead atoms. The highest BCUT2D eigenvalue weighted by Gasteiger charge is 2.16. The average molecular weight is 261 g/mol. The van der Waals surface area contributed by atoms with Crippen LogP contribution in [-0.4, -0.2) is 9.91 Å². The fourth-order valence-corrected chi connectivity index (χ4v) is 1.70. The molecule has 1 aromatic carbocycles. The molecule has 2 rings (SSSR count). The molecule has 0 saturated carbocycles. The number of hydrogen-bond donors (Lipinski definition) is 1. The maximum atomic E-state index is 12.8. The lowest BCUT2D eigenvalue weighted by atomic mass is 10.1. The number of nitrogens with zero attached hydrogens (tertiary/aromatic N) is 2. The number of hydrogen-bond acceptors (Lipinski definition) is 4. The Morgan fingerprint density at radius 3 is 2.63 bits per heavy atom. The van der Waals surface area contributed by atoms with E-state index in [1.165, 1.54) is 30.5 Å². The molecule has 0 unspecified atom stereocenters. The van der Waals surface area contributed by atoms with Gasteiger partial charge in [-0.3, -0.25) is 10.1 Å². The van der Waals surface area contributed by atoms with Crippen molar-refractivity contribution in [2.45, 2.75) is 13.0 Å². The van der Waals surface area contributed by atoms with E-state index in [0.29, 0.717) is 0 Å². The Bertz CT molecular complexity index is 587. The number of pyridine rings is 1. The molecule has 6 heteroatoms. The summed E-state index contributed by atoms with van der Waals surface area (Å²) < 4.78 is 12.8. The van der Waals surface area contributed by atoms with Gasteiger partial charge in [-0.25, -0.2) is 9.37 Å². The standard InChI is InChI=1S/C13H12FN3O2/c1-9(10-4-6-11(14)7-5-10)16-13-12(17(18)19)3-2-8-15-13/h2-9H,1H3,(H,15,16)/t9-/m0/s1. The van der Waals surface area contributed by atoms with Gasteiger partial charge >= 0.3 is 5.69 Å². The topological polar surface area (TPSA) is 68.1 Å². The number of nitro groups is 1. The van der Waals surface area contributed by atoms with Gasteiger partial charge in [0.1, 0.15) is 5.82 Å². The largest absolute Gasteiger partial charge is 0.358 e. The van der Waals surface area contributed by atoms with Gasteiger partial charge in [0, 0.05) is 12.3 Å². The van der Waals surface area contributed by atoms with E-state index in [4.69, 9.17) is 0 Å². The highest BCUT2D eigenvalue weighted by molar-refractivity contribution is 5.56. The molecule has 0 spiro atoms. The van der Waals surface area contributed by atoms with Crippen LogP contribution in [0.2, 0.25) is 0 Å². The van der Waals surface area contributed by atoms with Gasteiger partial charge in [-0.05, 0) is 30.7 Å². The lowest BCUT2D eigenvalue weighted by molar-refractivity contribution is -0.384. The first-order valence-corrected chi connectivity index (χ1v) is 5.69. The third-order valence-electron chi connectivity index (χ3n) is 2.71. The van der Waals surface area contributed by atoms with Crippen molar-refractivity contribution in [3.05, 3.63) is 64.1 Å². The van der Waals surface area contributed by atoms with Crippen molar-refractivity contribution in [3.8, 4) is 0 Å². The van der Waals surface area contributed by atoms with Crippen LogP contribution in [0.5, 0.6) is 0 Å². The van der Waals surface area contributed by atoms with Crippen LogP contribution in [0.4, 0.5) is 15.9 Å². The van der Waals surface area contributed by atoms with E-state index in [9.17, 15) is 14.5 Å². The summed E-state index contributed by atoms with van der Waals surface area (Å²) in [5, 5.41) is 13.8. The predicted molar refractivity (Wildman–Crippen MR) is 69.3 cm³/mol. The summed E-state index contributed by atoms with van der Waals surface area (Å²) >= 11 is 0. The number of anilines is 1. The molecule has 1 heterocycles. The molecular weight excluding hydrogens is 249 g/mol. The predicted octanol–water partition coefficient (Wildman–Crippen LogP) is 3.30. The fourth-order valence-electron chi connectivity index (χ4n) is 1.70. The van der Waals surface area contributed by atoms with E-state index in [1.54, 1.807) is 12.1 Å². The van der Waals surface area contributed by atoms with Crippen LogP contribution in [0, 0.1) is 15.9 Å². The molecule has 0 radical (unpaired) electrons. The van der Waals surface area contributed by atoms with Crippen LogP contribution in [0.25, 0.3) is 0 Å². The summed E-state index contributed by atoms with van der Waals surface area (Å²) in [5.74, 6) is -0.121. The lowest BCUT2D eigenvalue weighted by Crippen LogP contribution is -2.09. The van der Waals surface area contributed by atoms with Crippen molar-refractivity contribution in [2.24, 2.45) is 0 Å². The summed E-state index contributed by atoms with van der Waals surface area (Å²) in [5.41, 5.74) is 0.734. The minimum absolute atomic E-state index is 0.0866. The Labute approximate surface area is 109 Å². The van der Waals surface area contributed by atoms with Gasteiger partial charge in [-0.2, -0.15) is 0 Å². The molecule has 0 saturated heterocycles.